The molecule has 2 heterocycles. The monoisotopic (exact) mass is 364 g/mol. The molecule has 0 spiro atoms. The van der Waals surface area contributed by atoms with Crippen molar-refractivity contribution in [3.8, 4) is 0 Å². The van der Waals surface area contributed by atoms with Gasteiger partial charge in [0.05, 0.1) is 16.7 Å². The summed E-state index contributed by atoms with van der Waals surface area (Å²) in [7, 11) is 0. The largest absolute Gasteiger partial charge is 0.254 e. The van der Waals surface area contributed by atoms with Crippen LogP contribution in [0.4, 0.5) is 0 Å². The fourth-order valence-electron chi connectivity index (χ4n) is 2.12. The summed E-state index contributed by atoms with van der Waals surface area (Å²) in [6.45, 7) is 0. The second-order valence-corrected chi connectivity index (χ2v) is 5.20. The normalized spacial score (nSPS) is 11.2. The summed E-state index contributed by atoms with van der Waals surface area (Å²) in [5, 5.41) is 3.89. The van der Waals surface area contributed by atoms with Crippen LogP contribution in [-0.2, 0) is 10.7 Å². The Balaban J connectivity index is 2.48. The van der Waals surface area contributed by atoms with Gasteiger partial charge in [-0.25, -0.2) is 4.98 Å². The van der Waals surface area contributed by atoms with Gasteiger partial charge in [-0.2, -0.15) is 0 Å². The van der Waals surface area contributed by atoms with Gasteiger partial charge in [0.2, 0.25) is 0 Å². The Morgan fingerprint density at radius 3 is 2.67 bits per heavy atom. The SMILES string of the molecule is BrCc1ccc2cc(CBr)c3cccnc3c2n1. The fourth-order valence-corrected chi connectivity index (χ4v) is 2.90. The summed E-state index contributed by atoms with van der Waals surface area (Å²) < 4.78 is 0. The number of fused-ring (bicyclic) bond motifs is 3. The molecule has 2 nitrogen and oxygen atoms in total. The Morgan fingerprint density at radius 2 is 1.89 bits per heavy atom. The molecular weight excluding hydrogens is 356 g/mol. The lowest BCUT2D eigenvalue weighted by Gasteiger charge is -2.08. The number of nitrogens with zero attached hydrogens (tertiary/aromatic N) is 2. The van der Waals surface area contributed by atoms with Gasteiger partial charge < -0.3 is 0 Å². The molecule has 0 atom stereocenters. The van der Waals surface area contributed by atoms with E-state index in [4.69, 9.17) is 0 Å². The lowest BCUT2D eigenvalue weighted by atomic mass is 10.0. The predicted molar refractivity (Wildman–Crippen MR) is 82.3 cm³/mol. The molecule has 0 amide bonds. The van der Waals surface area contributed by atoms with Gasteiger partial charge in [-0.05, 0) is 23.8 Å². The average Bonchev–Trinajstić information content (AvgIpc) is 2.45. The van der Waals surface area contributed by atoms with Crippen LogP contribution in [0, 0.1) is 0 Å². The number of rotatable bonds is 2. The molecule has 0 aliphatic carbocycles. The van der Waals surface area contributed by atoms with Crippen molar-refractivity contribution in [2.45, 2.75) is 10.7 Å². The molecule has 0 fully saturated rings. The number of aromatic nitrogens is 2. The first-order valence-electron chi connectivity index (χ1n) is 5.61. The maximum atomic E-state index is 4.67. The van der Waals surface area contributed by atoms with Crippen LogP contribution in [0.15, 0.2) is 36.5 Å². The number of halogens is 2. The van der Waals surface area contributed by atoms with Gasteiger partial charge in [0, 0.05) is 27.6 Å². The Kier molecular flexibility index (Phi) is 3.31. The molecule has 0 unspecified atom stereocenters. The summed E-state index contributed by atoms with van der Waals surface area (Å²) in [4.78, 5) is 9.17. The third kappa shape index (κ3) is 1.93. The highest BCUT2D eigenvalue weighted by molar-refractivity contribution is 9.08. The highest BCUT2D eigenvalue weighted by atomic mass is 79.9. The van der Waals surface area contributed by atoms with Gasteiger partial charge in [-0.1, -0.05) is 44.0 Å². The zero-order valence-corrected chi connectivity index (χ0v) is 12.7. The van der Waals surface area contributed by atoms with E-state index in [9.17, 15) is 0 Å². The molecule has 0 radical (unpaired) electrons. The first kappa shape index (κ1) is 12.1. The standard InChI is InChI=1S/C14H10Br2N2/c15-7-10-6-9-3-4-11(8-16)18-13(9)14-12(10)2-1-5-17-14/h1-6H,7-8H2. The summed E-state index contributed by atoms with van der Waals surface area (Å²) >= 11 is 6.98. The van der Waals surface area contributed by atoms with E-state index >= 15 is 0 Å². The molecule has 0 bridgehead atoms. The van der Waals surface area contributed by atoms with E-state index in [1.54, 1.807) is 0 Å². The first-order valence-corrected chi connectivity index (χ1v) is 7.86. The number of pyridine rings is 2. The maximum absolute atomic E-state index is 4.67. The van der Waals surface area contributed by atoms with Crippen molar-refractivity contribution in [2.24, 2.45) is 0 Å². The number of alkyl halides is 2. The van der Waals surface area contributed by atoms with Crippen molar-refractivity contribution in [2.75, 3.05) is 0 Å². The minimum atomic E-state index is 0.761. The minimum Gasteiger partial charge on any atom is -0.254 e. The fraction of sp³-hybridized carbons (Fsp3) is 0.143. The second-order valence-electron chi connectivity index (χ2n) is 4.08. The zero-order chi connectivity index (χ0) is 12.5. The predicted octanol–water partition coefficient (Wildman–Crippen LogP) is 4.57. The summed E-state index contributed by atoms with van der Waals surface area (Å²) in [6, 6.07) is 10.4. The molecule has 0 aliphatic heterocycles. The van der Waals surface area contributed by atoms with E-state index in [0.717, 1.165) is 32.8 Å². The Morgan fingerprint density at radius 1 is 1.00 bits per heavy atom. The third-order valence-electron chi connectivity index (χ3n) is 2.97. The van der Waals surface area contributed by atoms with Crippen molar-refractivity contribution in [1.29, 1.82) is 0 Å². The molecule has 2 aromatic heterocycles. The molecular formula is C14H10Br2N2. The van der Waals surface area contributed by atoms with E-state index in [2.05, 4.69) is 60.0 Å². The van der Waals surface area contributed by atoms with Crippen molar-refractivity contribution in [3.63, 3.8) is 0 Å². The maximum Gasteiger partial charge on any atom is 0.0968 e. The van der Waals surface area contributed by atoms with Gasteiger partial charge in [0.1, 0.15) is 0 Å². The lowest BCUT2D eigenvalue weighted by molar-refractivity contribution is 1.23. The highest BCUT2D eigenvalue weighted by Crippen LogP contribution is 2.27. The van der Waals surface area contributed by atoms with E-state index in [-0.39, 0.29) is 0 Å². The lowest BCUT2D eigenvalue weighted by Crippen LogP contribution is -1.92. The summed E-state index contributed by atoms with van der Waals surface area (Å²) in [5.74, 6) is 0. The molecule has 4 heteroatoms. The van der Waals surface area contributed by atoms with Gasteiger partial charge in [0.25, 0.3) is 0 Å². The molecule has 0 saturated carbocycles. The molecule has 0 saturated heterocycles. The minimum absolute atomic E-state index is 0.761. The molecule has 3 rings (SSSR count). The summed E-state index contributed by atoms with van der Waals surface area (Å²) in [5.41, 5.74) is 4.24. The molecule has 1 aromatic carbocycles. The van der Waals surface area contributed by atoms with Crippen LogP contribution >= 0.6 is 31.9 Å². The van der Waals surface area contributed by atoms with Crippen LogP contribution in [0.25, 0.3) is 21.8 Å². The Bertz CT molecular complexity index is 725. The van der Waals surface area contributed by atoms with Gasteiger partial charge in [-0.15, -0.1) is 0 Å². The topological polar surface area (TPSA) is 25.8 Å². The second kappa shape index (κ2) is 4.94. The quantitative estimate of drug-likeness (QED) is 0.491. The Hall–Kier alpha value is -1.00. The van der Waals surface area contributed by atoms with Crippen LogP contribution in [-0.4, -0.2) is 9.97 Å². The molecule has 0 aliphatic rings. The van der Waals surface area contributed by atoms with Crippen LogP contribution in [0.3, 0.4) is 0 Å². The smallest absolute Gasteiger partial charge is 0.0968 e. The van der Waals surface area contributed by atoms with Gasteiger partial charge in [0.15, 0.2) is 0 Å². The number of hydrogen-bond donors (Lipinski definition) is 0. The van der Waals surface area contributed by atoms with Crippen LogP contribution in [0.2, 0.25) is 0 Å². The van der Waals surface area contributed by atoms with E-state index < -0.39 is 0 Å². The van der Waals surface area contributed by atoms with Crippen LogP contribution in [0.1, 0.15) is 11.3 Å². The molecule has 90 valence electrons. The number of hydrogen-bond acceptors (Lipinski definition) is 2. The van der Waals surface area contributed by atoms with Gasteiger partial charge >= 0.3 is 0 Å². The van der Waals surface area contributed by atoms with E-state index in [0.29, 0.717) is 0 Å². The van der Waals surface area contributed by atoms with Gasteiger partial charge in [-0.3, -0.25) is 4.98 Å². The van der Waals surface area contributed by atoms with Crippen molar-refractivity contribution >= 4 is 53.7 Å². The van der Waals surface area contributed by atoms with Crippen molar-refractivity contribution in [1.82, 2.24) is 9.97 Å². The first-order chi connectivity index (χ1) is 8.83. The van der Waals surface area contributed by atoms with Crippen molar-refractivity contribution in [3.05, 3.63) is 47.8 Å². The van der Waals surface area contributed by atoms with Crippen molar-refractivity contribution < 1.29 is 0 Å². The van der Waals surface area contributed by atoms with E-state index in [1.807, 2.05) is 18.3 Å². The summed E-state index contributed by atoms with van der Waals surface area (Å²) in [6.07, 6.45) is 1.82. The van der Waals surface area contributed by atoms with Crippen LogP contribution < -0.4 is 0 Å². The zero-order valence-electron chi connectivity index (χ0n) is 9.53. The molecule has 3 aromatic rings. The Labute approximate surface area is 122 Å². The van der Waals surface area contributed by atoms with Crippen LogP contribution in [0.5, 0.6) is 0 Å². The molecule has 18 heavy (non-hydrogen) atoms. The number of benzene rings is 1. The highest BCUT2D eigenvalue weighted by Gasteiger charge is 2.08. The third-order valence-corrected chi connectivity index (χ3v) is 4.15. The molecule has 0 N–H and O–H groups in total. The average molecular weight is 366 g/mol. The van der Waals surface area contributed by atoms with E-state index in [1.165, 1.54) is 10.9 Å².